The van der Waals surface area contributed by atoms with Gasteiger partial charge in [0, 0.05) is 14.0 Å². The van der Waals surface area contributed by atoms with Crippen LogP contribution in [0.15, 0.2) is 0 Å². The number of nitrogens with one attached hydrogen (secondary N) is 1. The highest BCUT2D eigenvalue weighted by Crippen LogP contribution is 2.41. The zero-order valence-corrected chi connectivity index (χ0v) is 17.7. The second-order valence-electron chi connectivity index (χ2n) is 7.51. The average Bonchev–Trinajstić information content (AvgIpc) is 2.74. The van der Waals surface area contributed by atoms with Gasteiger partial charge in [-0.05, 0) is 27.7 Å². The number of carbonyl (C=O) groups is 2. The highest BCUT2D eigenvalue weighted by atomic mass is 16.7. The molecule has 2 aliphatic heterocycles. The van der Waals surface area contributed by atoms with Crippen LogP contribution in [0.2, 0.25) is 0 Å². The largest absolute Gasteiger partial charge is 0.479 e. The smallest absolute Gasteiger partial charge is 0.336 e. The van der Waals surface area contributed by atoms with E-state index in [2.05, 4.69) is 0 Å². The first-order chi connectivity index (χ1) is 17.3. The first kappa shape index (κ1) is 15.5. The van der Waals surface area contributed by atoms with Gasteiger partial charge in [-0.3, -0.25) is 4.79 Å². The van der Waals surface area contributed by atoms with Gasteiger partial charge in [0.1, 0.15) is 36.0 Å². The molecule has 31 heavy (non-hydrogen) atoms. The third-order valence-electron chi connectivity index (χ3n) is 4.75. The first-order valence-electron chi connectivity index (χ1n) is 13.4. The van der Waals surface area contributed by atoms with E-state index in [9.17, 15) is 35.1 Å². The fourth-order valence-corrected chi connectivity index (χ4v) is 3.00. The van der Waals surface area contributed by atoms with E-state index >= 15 is 0 Å². The molecular formula is C19H33NO11. The standard InChI is InChI=1S/C19H33NO11/c1-8(22)20-12-11(10(23)9(7-21)29-17(12,2)3)30-19(5)14(25)13(24)18(4,28-6)15(31-19)16(26)27/h9-15,21,23-25H,7H2,1-6H3,(H,20,22)(H,26,27)/t9?,10-,11?,12+,13?,14+,15?,18+,19-/m1/s1/i7D2,9D,10D,11D,12D,13D,14D,15D. The molecule has 9 atom stereocenters. The van der Waals surface area contributed by atoms with Gasteiger partial charge in [-0.1, -0.05) is 0 Å². The zero-order valence-electron chi connectivity index (χ0n) is 26.7. The first-order valence-corrected chi connectivity index (χ1v) is 8.86. The zero-order chi connectivity index (χ0) is 32.2. The fourth-order valence-electron chi connectivity index (χ4n) is 3.00. The Hall–Kier alpha value is -1.38. The van der Waals surface area contributed by atoms with E-state index in [1.54, 1.807) is 0 Å². The van der Waals surface area contributed by atoms with Crippen LogP contribution in [-0.2, 0) is 28.5 Å². The van der Waals surface area contributed by atoms with Crippen molar-refractivity contribution in [2.45, 2.75) is 94.1 Å². The van der Waals surface area contributed by atoms with Gasteiger partial charge < -0.3 is 49.8 Å². The van der Waals surface area contributed by atoms with Gasteiger partial charge in [0.05, 0.1) is 30.5 Å². The summed E-state index contributed by atoms with van der Waals surface area (Å²) in [4.78, 5) is 24.3. The third-order valence-corrected chi connectivity index (χ3v) is 4.75. The Balaban J connectivity index is 3.05. The van der Waals surface area contributed by atoms with Crippen LogP contribution >= 0.6 is 0 Å². The van der Waals surface area contributed by atoms with Crippen LogP contribution < -0.4 is 5.32 Å². The molecule has 0 radical (unpaired) electrons. The summed E-state index contributed by atoms with van der Waals surface area (Å²) in [6, 6.07) is -3.39. The summed E-state index contributed by atoms with van der Waals surface area (Å²) in [5, 5.41) is 55.1. The molecule has 0 aromatic rings. The van der Waals surface area contributed by atoms with Crippen LogP contribution in [0.1, 0.15) is 47.0 Å². The van der Waals surface area contributed by atoms with Gasteiger partial charge in [-0.2, -0.15) is 0 Å². The monoisotopic (exact) mass is 460 g/mol. The minimum absolute atomic E-state index is 0.378. The topological polar surface area (TPSA) is 184 Å². The van der Waals surface area contributed by atoms with E-state index in [-0.39, 0.29) is 0 Å². The summed E-state index contributed by atoms with van der Waals surface area (Å²) < 4.78 is 95.5. The maximum absolute atomic E-state index is 12.2. The van der Waals surface area contributed by atoms with Crippen LogP contribution in [0.4, 0.5) is 0 Å². The molecule has 0 saturated carbocycles. The van der Waals surface area contributed by atoms with Crippen molar-refractivity contribution < 1.29 is 66.4 Å². The predicted molar refractivity (Wildman–Crippen MR) is 103 cm³/mol. The van der Waals surface area contributed by atoms with E-state index in [0.717, 1.165) is 20.8 Å². The van der Waals surface area contributed by atoms with Gasteiger partial charge in [0.15, 0.2) is 11.9 Å². The number of aliphatic carboxylic acids is 1. The molecule has 2 aliphatic rings. The Bertz CT molecular complexity index is 1090. The molecule has 0 bridgehead atoms. The van der Waals surface area contributed by atoms with E-state index in [1.165, 1.54) is 0 Å². The maximum atomic E-state index is 12.2. The highest BCUT2D eigenvalue weighted by Gasteiger charge is 2.63. The van der Waals surface area contributed by atoms with Crippen LogP contribution in [0.25, 0.3) is 0 Å². The van der Waals surface area contributed by atoms with Crippen molar-refractivity contribution in [3.05, 3.63) is 0 Å². The maximum Gasteiger partial charge on any atom is 0.336 e. The molecule has 6 N–H and O–H groups in total. The number of ether oxygens (including phenoxy) is 4. The number of hydrogen-bond donors (Lipinski definition) is 6. The summed E-state index contributed by atoms with van der Waals surface area (Å²) in [7, 11) is 0.702. The molecule has 2 heterocycles. The van der Waals surface area contributed by atoms with E-state index in [1.807, 2.05) is 5.32 Å². The molecule has 2 saturated heterocycles. The van der Waals surface area contributed by atoms with Crippen molar-refractivity contribution >= 4 is 11.9 Å². The molecule has 2 rings (SSSR count). The van der Waals surface area contributed by atoms with Crippen molar-refractivity contribution in [1.29, 1.82) is 0 Å². The van der Waals surface area contributed by atoms with Gasteiger partial charge in [-0.15, -0.1) is 0 Å². The Morgan fingerprint density at radius 3 is 2.19 bits per heavy atom. The van der Waals surface area contributed by atoms with Gasteiger partial charge >= 0.3 is 5.97 Å². The van der Waals surface area contributed by atoms with Crippen molar-refractivity contribution in [1.82, 2.24) is 5.32 Å². The third kappa shape index (κ3) is 4.57. The van der Waals surface area contributed by atoms with Crippen LogP contribution in [0.5, 0.6) is 0 Å². The number of carbonyl (C=O) groups excluding carboxylic acids is 1. The van der Waals surface area contributed by atoms with Crippen molar-refractivity contribution in [2.75, 3.05) is 13.7 Å². The van der Waals surface area contributed by atoms with Crippen molar-refractivity contribution in [3.63, 3.8) is 0 Å². The summed E-state index contributed by atoms with van der Waals surface area (Å²) in [5.74, 6) is -7.21. The van der Waals surface area contributed by atoms with Gasteiger partial charge in [-0.25, -0.2) is 4.79 Å². The number of hydrogen-bond acceptors (Lipinski definition) is 10. The van der Waals surface area contributed by atoms with Crippen LogP contribution in [-0.4, -0.2) is 111 Å². The minimum atomic E-state index is -4.38. The summed E-state index contributed by atoms with van der Waals surface area (Å²) in [5.41, 5.74) is -5.72. The lowest BCUT2D eigenvalue weighted by Gasteiger charge is -2.55. The molecule has 1 amide bonds. The molecule has 0 aliphatic carbocycles. The fraction of sp³-hybridized carbons (Fsp3) is 0.895. The Morgan fingerprint density at radius 1 is 1.16 bits per heavy atom. The van der Waals surface area contributed by atoms with Gasteiger partial charge in [0.2, 0.25) is 5.91 Å². The summed E-state index contributed by atoms with van der Waals surface area (Å²) in [6.07, 6.45) is -24.2. The van der Waals surface area contributed by atoms with E-state index in [0.29, 0.717) is 21.0 Å². The Labute approximate surface area is 192 Å². The van der Waals surface area contributed by atoms with Crippen LogP contribution in [0, 0.1) is 0 Å². The molecule has 0 aromatic carbocycles. The minimum Gasteiger partial charge on any atom is -0.479 e. The summed E-state index contributed by atoms with van der Waals surface area (Å²) in [6.45, 7) is -0.587. The molecule has 2 fully saturated rings. The number of carboxylic acids is 1. The van der Waals surface area contributed by atoms with Crippen molar-refractivity contribution in [2.24, 2.45) is 0 Å². The highest BCUT2D eigenvalue weighted by molar-refractivity contribution is 5.74. The van der Waals surface area contributed by atoms with Gasteiger partial charge in [0.25, 0.3) is 0 Å². The predicted octanol–water partition coefficient (Wildman–Crippen LogP) is -2.27. The molecule has 4 unspecified atom stereocenters. The quantitative estimate of drug-likeness (QED) is 0.251. The molecule has 0 spiro atoms. The normalized spacial score (nSPS) is 66.5. The molecule has 12 heteroatoms. The number of carboxylic acid groups (broad SMARTS) is 1. The second kappa shape index (κ2) is 8.87. The molecule has 12 nitrogen and oxygen atoms in total. The van der Waals surface area contributed by atoms with E-state index in [4.69, 9.17) is 31.3 Å². The van der Waals surface area contributed by atoms with Crippen molar-refractivity contribution in [3.8, 4) is 0 Å². The Morgan fingerprint density at radius 2 is 1.74 bits per heavy atom. The average molecular weight is 461 g/mol. The molecule has 180 valence electrons. The molecule has 0 aromatic heterocycles. The lowest BCUT2D eigenvalue weighted by Crippen LogP contribution is -2.75. The lowest BCUT2D eigenvalue weighted by atomic mass is 9.81. The SMILES string of the molecule is [2H]C([2H])(O)C1([2H])OC(C)(C)[C@@]([2H])(NC(C)=O)C([2H])(O[C@]2(C)OC([2H])(C(=O)O)[C@@](C)(OC)C([2H])(O)[C@]2([2H])O)[C@]1([2H])O. The summed E-state index contributed by atoms with van der Waals surface area (Å²) >= 11 is 0. The molecular weight excluding hydrogens is 418 g/mol. The number of aliphatic hydroxyl groups is 4. The lowest BCUT2D eigenvalue weighted by molar-refractivity contribution is -0.395. The van der Waals surface area contributed by atoms with Crippen LogP contribution in [0.3, 0.4) is 0 Å². The number of amides is 1. The van der Waals surface area contributed by atoms with E-state index < -0.39 is 77.9 Å². The number of methoxy groups -OCH3 is 1. The Kier molecular flexibility index (Phi) is 4.42. The second-order valence-corrected chi connectivity index (χ2v) is 7.51. The number of rotatable bonds is 6.